The number of benzene rings is 3. The van der Waals surface area contributed by atoms with Crippen molar-refractivity contribution in [2.24, 2.45) is 0 Å². The summed E-state index contributed by atoms with van der Waals surface area (Å²) in [5.74, 6) is 0. The lowest BCUT2D eigenvalue weighted by atomic mass is 9.93. The Bertz CT molecular complexity index is 1200. The standard InChI is InChI=1S/C27H25ClN4O/c1-27(33,22-9-11-23(30-2)12-10-22)19-31-14-15-32(25-13-8-20(17-29)16-24(25)28)26(18-31)21-6-4-3-5-7-21/h3-13,16,26,33H,14-15,18-19H2,1H3/t26-,27+/m0/s1. The summed E-state index contributed by atoms with van der Waals surface area (Å²) in [4.78, 5) is 7.99. The quantitative estimate of drug-likeness (QED) is 0.512. The molecule has 2 atom stereocenters. The molecule has 1 aliphatic rings. The van der Waals surface area contributed by atoms with E-state index >= 15 is 0 Å². The Morgan fingerprint density at radius 3 is 2.48 bits per heavy atom. The summed E-state index contributed by atoms with van der Waals surface area (Å²) in [6, 6.07) is 25.0. The van der Waals surface area contributed by atoms with Gasteiger partial charge in [-0.05, 0) is 36.2 Å². The lowest BCUT2D eigenvalue weighted by Gasteiger charge is -2.45. The van der Waals surface area contributed by atoms with Crippen LogP contribution in [0, 0.1) is 17.9 Å². The fourth-order valence-electron chi connectivity index (χ4n) is 4.46. The van der Waals surface area contributed by atoms with Gasteiger partial charge < -0.3 is 10.0 Å². The van der Waals surface area contributed by atoms with Crippen molar-refractivity contribution in [3.05, 3.63) is 106 Å². The number of anilines is 1. The van der Waals surface area contributed by atoms with Crippen LogP contribution in [0.25, 0.3) is 4.85 Å². The van der Waals surface area contributed by atoms with E-state index in [0.29, 0.717) is 22.8 Å². The minimum Gasteiger partial charge on any atom is -0.384 e. The van der Waals surface area contributed by atoms with Gasteiger partial charge in [0.2, 0.25) is 0 Å². The van der Waals surface area contributed by atoms with Crippen molar-refractivity contribution < 1.29 is 5.11 Å². The Balaban J connectivity index is 1.59. The molecule has 166 valence electrons. The Labute approximate surface area is 199 Å². The van der Waals surface area contributed by atoms with Gasteiger partial charge in [-0.25, -0.2) is 4.85 Å². The molecular formula is C27H25ClN4O. The fourth-order valence-corrected chi connectivity index (χ4v) is 4.75. The summed E-state index contributed by atoms with van der Waals surface area (Å²) in [7, 11) is 0. The summed E-state index contributed by atoms with van der Waals surface area (Å²) in [6.45, 7) is 11.6. The van der Waals surface area contributed by atoms with Crippen LogP contribution in [0.1, 0.15) is 29.7 Å². The maximum Gasteiger partial charge on any atom is 0.187 e. The Kier molecular flexibility index (Phi) is 6.67. The van der Waals surface area contributed by atoms with Crippen molar-refractivity contribution in [2.75, 3.05) is 31.1 Å². The molecule has 1 fully saturated rings. The van der Waals surface area contributed by atoms with E-state index in [1.807, 2.05) is 43.3 Å². The maximum atomic E-state index is 11.3. The number of hydrogen-bond donors (Lipinski definition) is 1. The molecule has 0 saturated carbocycles. The average Bonchev–Trinajstić information content (AvgIpc) is 2.84. The van der Waals surface area contributed by atoms with E-state index in [-0.39, 0.29) is 6.04 Å². The summed E-state index contributed by atoms with van der Waals surface area (Å²) in [6.07, 6.45) is 0. The molecule has 6 heteroatoms. The van der Waals surface area contributed by atoms with Crippen molar-refractivity contribution in [1.29, 1.82) is 5.26 Å². The van der Waals surface area contributed by atoms with E-state index in [9.17, 15) is 10.4 Å². The molecule has 1 N–H and O–H groups in total. The van der Waals surface area contributed by atoms with Crippen LogP contribution in [0.2, 0.25) is 5.02 Å². The predicted molar refractivity (Wildman–Crippen MR) is 131 cm³/mol. The third kappa shape index (κ3) is 5.02. The van der Waals surface area contributed by atoms with Crippen molar-refractivity contribution in [1.82, 2.24) is 4.90 Å². The summed E-state index contributed by atoms with van der Waals surface area (Å²) in [5, 5.41) is 21.0. The molecule has 0 spiro atoms. The second-order valence-corrected chi connectivity index (χ2v) is 8.97. The second-order valence-electron chi connectivity index (χ2n) is 8.57. The zero-order valence-electron chi connectivity index (χ0n) is 18.4. The van der Waals surface area contributed by atoms with E-state index in [2.05, 4.69) is 32.8 Å². The maximum absolute atomic E-state index is 11.3. The van der Waals surface area contributed by atoms with Crippen LogP contribution in [0.3, 0.4) is 0 Å². The van der Waals surface area contributed by atoms with Gasteiger partial charge in [-0.2, -0.15) is 5.26 Å². The first-order valence-electron chi connectivity index (χ1n) is 10.9. The molecule has 3 aromatic carbocycles. The van der Waals surface area contributed by atoms with E-state index in [1.54, 1.807) is 24.3 Å². The molecule has 3 aromatic rings. The van der Waals surface area contributed by atoms with Gasteiger partial charge in [-0.3, -0.25) is 4.90 Å². The molecule has 5 nitrogen and oxygen atoms in total. The van der Waals surface area contributed by atoms with Crippen LogP contribution >= 0.6 is 11.6 Å². The molecule has 1 saturated heterocycles. The van der Waals surface area contributed by atoms with Gasteiger partial charge in [-0.15, -0.1) is 0 Å². The number of rotatable bonds is 5. The molecular weight excluding hydrogens is 432 g/mol. The van der Waals surface area contributed by atoms with Gasteiger partial charge in [0, 0.05) is 26.2 Å². The SMILES string of the molecule is [C-]#[N+]c1ccc([C@](C)(O)CN2CCN(c3ccc(C#N)cc3Cl)[C@H](c3ccccc3)C2)cc1. The van der Waals surface area contributed by atoms with E-state index < -0.39 is 5.60 Å². The molecule has 1 heterocycles. The van der Waals surface area contributed by atoms with Gasteiger partial charge in [0.15, 0.2) is 5.69 Å². The zero-order valence-corrected chi connectivity index (χ0v) is 19.2. The normalized spacial score (nSPS) is 18.2. The van der Waals surface area contributed by atoms with Crippen molar-refractivity contribution in [3.8, 4) is 6.07 Å². The van der Waals surface area contributed by atoms with E-state index in [0.717, 1.165) is 30.9 Å². The van der Waals surface area contributed by atoms with Crippen LogP contribution < -0.4 is 4.90 Å². The summed E-state index contributed by atoms with van der Waals surface area (Å²) in [5.41, 5.74) is 2.93. The highest BCUT2D eigenvalue weighted by molar-refractivity contribution is 6.33. The van der Waals surface area contributed by atoms with Crippen LogP contribution in [0.4, 0.5) is 11.4 Å². The lowest BCUT2D eigenvalue weighted by molar-refractivity contribution is 0.0103. The average molecular weight is 457 g/mol. The van der Waals surface area contributed by atoms with Crippen LogP contribution in [-0.2, 0) is 5.60 Å². The molecule has 0 aliphatic carbocycles. The predicted octanol–water partition coefficient (Wildman–Crippen LogP) is 5.53. The highest BCUT2D eigenvalue weighted by Gasteiger charge is 2.34. The Morgan fingerprint density at radius 2 is 1.85 bits per heavy atom. The lowest BCUT2D eigenvalue weighted by Crippen LogP contribution is -2.52. The third-order valence-electron chi connectivity index (χ3n) is 6.18. The topological polar surface area (TPSA) is 54.9 Å². The van der Waals surface area contributed by atoms with Gasteiger partial charge in [-0.1, -0.05) is 66.2 Å². The number of nitrogens with zero attached hydrogens (tertiary/aromatic N) is 4. The smallest absolute Gasteiger partial charge is 0.187 e. The number of nitriles is 1. The first-order valence-corrected chi connectivity index (χ1v) is 11.2. The molecule has 33 heavy (non-hydrogen) atoms. The molecule has 0 unspecified atom stereocenters. The summed E-state index contributed by atoms with van der Waals surface area (Å²) >= 11 is 6.57. The minimum atomic E-state index is -1.05. The van der Waals surface area contributed by atoms with Gasteiger partial charge >= 0.3 is 0 Å². The molecule has 0 amide bonds. The summed E-state index contributed by atoms with van der Waals surface area (Å²) < 4.78 is 0. The number of aliphatic hydroxyl groups is 1. The third-order valence-corrected chi connectivity index (χ3v) is 6.49. The number of halogens is 1. The first-order chi connectivity index (χ1) is 15.9. The Hall–Kier alpha value is -3.35. The van der Waals surface area contributed by atoms with Gasteiger partial charge in [0.25, 0.3) is 0 Å². The fraction of sp³-hybridized carbons (Fsp3) is 0.259. The molecule has 1 aliphatic heterocycles. The number of hydrogen-bond acceptors (Lipinski definition) is 4. The Morgan fingerprint density at radius 1 is 1.12 bits per heavy atom. The first kappa shape index (κ1) is 22.8. The van der Waals surface area contributed by atoms with Gasteiger partial charge in [0.1, 0.15) is 0 Å². The second kappa shape index (κ2) is 9.65. The number of β-amino-alcohol motifs (C(OH)–C–C–N with tert-alkyl or cyclic N) is 1. The molecule has 0 aromatic heterocycles. The molecule has 0 bridgehead atoms. The van der Waals surface area contributed by atoms with Crippen molar-refractivity contribution in [3.63, 3.8) is 0 Å². The van der Waals surface area contributed by atoms with Gasteiger partial charge in [0.05, 0.1) is 40.6 Å². The minimum absolute atomic E-state index is 0.0469. The monoisotopic (exact) mass is 456 g/mol. The van der Waals surface area contributed by atoms with E-state index in [1.165, 1.54) is 5.56 Å². The van der Waals surface area contributed by atoms with E-state index in [4.69, 9.17) is 18.2 Å². The molecule has 0 radical (unpaired) electrons. The van der Waals surface area contributed by atoms with Crippen molar-refractivity contribution in [2.45, 2.75) is 18.6 Å². The molecule has 4 rings (SSSR count). The number of piperazine rings is 1. The van der Waals surface area contributed by atoms with Crippen LogP contribution in [-0.4, -0.2) is 36.2 Å². The highest BCUT2D eigenvalue weighted by Crippen LogP contribution is 2.36. The highest BCUT2D eigenvalue weighted by atomic mass is 35.5. The van der Waals surface area contributed by atoms with Crippen molar-refractivity contribution >= 4 is 23.0 Å². The largest absolute Gasteiger partial charge is 0.384 e. The van der Waals surface area contributed by atoms with Crippen LogP contribution in [0.5, 0.6) is 0 Å². The van der Waals surface area contributed by atoms with Crippen LogP contribution in [0.15, 0.2) is 72.8 Å². The zero-order chi connectivity index (χ0) is 23.4.